The van der Waals surface area contributed by atoms with Crippen LogP contribution in [0.3, 0.4) is 0 Å². The van der Waals surface area contributed by atoms with Crippen LogP contribution in [0.25, 0.3) is 0 Å². The van der Waals surface area contributed by atoms with Gasteiger partial charge in [0.1, 0.15) is 0 Å². The Kier molecular flexibility index (Phi) is 5.97. The minimum absolute atomic E-state index is 0.117. The van der Waals surface area contributed by atoms with E-state index in [1.165, 1.54) is 16.7 Å². The van der Waals surface area contributed by atoms with E-state index in [1.807, 2.05) is 12.1 Å². The topological polar surface area (TPSA) is 32.3 Å². The first kappa shape index (κ1) is 15.7. The normalized spacial score (nSPS) is 12.3. The van der Waals surface area contributed by atoms with Crippen molar-refractivity contribution in [2.45, 2.75) is 39.3 Å². The van der Waals surface area contributed by atoms with Crippen LogP contribution in [0.4, 0.5) is 0 Å². The van der Waals surface area contributed by atoms with Gasteiger partial charge >= 0.3 is 0 Å². The molecule has 2 heteroatoms. The van der Waals surface area contributed by atoms with Crippen LogP contribution in [0.2, 0.25) is 0 Å². The summed E-state index contributed by atoms with van der Waals surface area (Å²) < 4.78 is 0. The Labute approximate surface area is 127 Å². The van der Waals surface area contributed by atoms with Crippen LogP contribution < -0.4 is 5.32 Å². The van der Waals surface area contributed by atoms with Crippen LogP contribution in [0, 0.1) is 6.92 Å². The molecule has 0 saturated heterocycles. The molecule has 0 aliphatic carbocycles. The Morgan fingerprint density at radius 1 is 1.00 bits per heavy atom. The van der Waals surface area contributed by atoms with Crippen LogP contribution in [0.1, 0.15) is 29.2 Å². The van der Waals surface area contributed by atoms with Gasteiger partial charge in [0.05, 0.1) is 6.61 Å². The van der Waals surface area contributed by atoms with Crippen LogP contribution in [-0.4, -0.2) is 17.7 Å². The number of aryl methyl sites for hydroxylation is 1. The lowest BCUT2D eigenvalue weighted by Gasteiger charge is -2.15. The van der Waals surface area contributed by atoms with Crippen LogP contribution in [-0.2, 0) is 19.4 Å². The average molecular weight is 283 g/mol. The first-order chi connectivity index (χ1) is 10.2. The molecule has 2 aromatic rings. The Hall–Kier alpha value is -1.64. The summed E-state index contributed by atoms with van der Waals surface area (Å²) in [7, 11) is 0. The maximum absolute atomic E-state index is 9.03. The lowest BCUT2D eigenvalue weighted by molar-refractivity contribution is 0.282. The first-order valence-electron chi connectivity index (χ1n) is 7.65. The second-order valence-corrected chi connectivity index (χ2v) is 5.71. The second kappa shape index (κ2) is 7.96. The molecule has 2 N–H and O–H groups in total. The van der Waals surface area contributed by atoms with E-state index in [2.05, 4.69) is 55.6 Å². The van der Waals surface area contributed by atoms with Gasteiger partial charge in [-0.2, -0.15) is 0 Å². The van der Waals surface area contributed by atoms with E-state index in [-0.39, 0.29) is 6.61 Å². The summed E-state index contributed by atoms with van der Waals surface area (Å²) in [6, 6.07) is 17.2. The van der Waals surface area contributed by atoms with Crippen molar-refractivity contribution in [2.75, 3.05) is 6.54 Å². The summed E-state index contributed by atoms with van der Waals surface area (Å²) in [5.41, 5.74) is 5.07. The van der Waals surface area contributed by atoms with Gasteiger partial charge in [-0.25, -0.2) is 0 Å². The molecule has 1 unspecified atom stereocenters. The number of hydrogen-bond donors (Lipinski definition) is 2. The van der Waals surface area contributed by atoms with Crippen molar-refractivity contribution in [1.29, 1.82) is 0 Å². The number of aliphatic hydroxyl groups excluding tert-OH is 1. The van der Waals surface area contributed by atoms with E-state index in [9.17, 15) is 0 Å². The summed E-state index contributed by atoms with van der Waals surface area (Å²) >= 11 is 0. The molecule has 0 fully saturated rings. The Bertz CT molecular complexity index is 548. The zero-order valence-electron chi connectivity index (χ0n) is 13.0. The third-order valence-corrected chi connectivity index (χ3v) is 3.90. The zero-order valence-corrected chi connectivity index (χ0v) is 13.0. The predicted molar refractivity (Wildman–Crippen MR) is 88.4 cm³/mol. The van der Waals surface area contributed by atoms with Gasteiger partial charge in [0.25, 0.3) is 0 Å². The first-order valence-corrected chi connectivity index (χ1v) is 7.65. The third-order valence-electron chi connectivity index (χ3n) is 3.90. The molecule has 0 heterocycles. The fourth-order valence-electron chi connectivity index (χ4n) is 2.52. The molecule has 112 valence electrons. The fraction of sp³-hybridized carbons (Fsp3) is 0.368. The molecule has 0 saturated carbocycles. The Morgan fingerprint density at radius 3 is 2.33 bits per heavy atom. The molecule has 0 aromatic heterocycles. The predicted octanol–water partition coefficient (Wildman–Crippen LogP) is 3.25. The van der Waals surface area contributed by atoms with Crippen molar-refractivity contribution in [2.24, 2.45) is 0 Å². The molecule has 1 atom stereocenters. The molecule has 0 radical (unpaired) electrons. The largest absolute Gasteiger partial charge is 0.392 e. The van der Waals surface area contributed by atoms with Crippen molar-refractivity contribution in [3.8, 4) is 0 Å². The summed E-state index contributed by atoms with van der Waals surface area (Å²) in [4.78, 5) is 0. The minimum Gasteiger partial charge on any atom is -0.392 e. The molecule has 0 amide bonds. The highest BCUT2D eigenvalue weighted by molar-refractivity contribution is 5.26. The summed E-state index contributed by atoms with van der Waals surface area (Å²) in [5.74, 6) is 0. The number of aliphatic hydroxyl groups is 1. The van der Waals surface area contributed by atoms with Crippen molar-refractivity contribution in [1.82, 2.24) is 5.32 Å². The smallest absolute Gasteiger partial charge is 0.0681 e. The van der Waals surface area contributed by atoms with Gasteiger partial charge in [-0.15, -0.1) is 0 Å². The quantitative estimate of drug-likeness (QED) is 0.817. The highest BCUT2D eigenvalue weighted by atomic mass is 16.3. The summed E-state index contributed by atoms with van der Waals surface area (Å²) in [5, 5.41) is 12.6. The summed E-state index contributed by atoms with van der Waals surface area (Å²) in [6.07, 6.45) is 2.08. The second-order valence-electron chi connectivity index (χ2n) is 5.71. The van der Waals surface area contributed by atoms with Gasteiger partial charge < -0.3 is 10.4 Å². The van der Waals surface area contributed by atoms with Gasteiger partial charge in [-0.1, -0.05) is 48.5 Å². The van der Waals surface area contributed by atoms with E-state index < -0.39 is 0 Å². The van der Waals surface area contributed by atoms with Gasteiger partial charge in [0, 0.05) is 6.04 Å². The van der Waals surface area contributed by atoms with Crippen molar-refractivity contribution < 1.29 is 5.11 Å². The number of nitrogens with one attached hydrogen (secondary N) is 1. The number of benzene rings is 2. The Morgan fingerprint density at radius 2 is 1.67 bits per heavy atom. The van der Waals surface area contributed by atoms with Crippen molar-refractivity contribution in [3.05, 3.63) is 70.8 Å². The zero-order chi connectivity index (χ0) is 15.1. The SMILES string of the molecule is Cc1ccccc1CC(C)NCCc1ccc(CO)cc1. The van der Waals surface area contributed by atoms with E-state index in [4.69, 9.17) is 5.11 Å². The highest BCUT2D eigenvalue weighted by Crippen LogP contribution is 2.10. The van der Waals surface area contributed by atoms with Gasteiger partial charge in [-0.05, 0) is 55.5 Å². The van der Waals surface area contributed by atoms with Gasteiger partial charge in [-0.3, -0.25) is 0 Å². The minimum atomic E-state index is 0.117. The highest BCUT2D eigenvalue weighted by Gasteiger charge is 2.05. The van der Waals surface area contributed by atoms with Crippen LogP contribution in [0.15, 0.2) is 48.5 Å². The van der Waals surface area contributed by atoms with E-state index in [0.29, 0.717) is 6.04 Å². The van der Waals surface area contributed by atoms with E-state index in [1.54, 1.807) is 0 Å². The molecule has 21 heavy (non-hydrogen) atoms. The molecule has 0 aliphatic rings. The van der Waals surface area contributed by atoms with Gasteiger partial charge in [0.2, 0.25) is 0 Å². The number of hydrogen-bond acceptors (Lipinski definition) is 2. The molecule has 2 rings (SSSR count). The molecular formula is C19H25NO. The van der Waals surface area contributed by atoms with Crippen LogP contribution >= 0.6 is 0 Å². The van der Waals surface area contributed by atoms with Gasteiger partial charge in [0.15, 0.2) is 0 Å². The monoisotopic (exact) mass is 283 g/mol. The molecular weight excluding hydrogens is 258 g/mol. The standard InChI is InChI=1S/C19H25NO/c1-15-5-3-4-6-19(15)13-16(2)20-12-11-17-7-9-18(14-21)10-8-17/h3-10,16,20-21H,11-14H2,1-2H3. The van der Waals surface area contributed by atoms with E-state index in [0.717, 1.165) is 24.9 Å². The van der Waals surface area contributed by atoms with Crippen molar-refractivity contribution in [3.63, 3.8) is 0 Å². The third kappa shape index (κ3) is 5.00. The maximum Gasteiger partial charge on any atom is 0.0681 e. The molecule has 0 aliphatic heterocycles. The molecule has 0 bridgehead atoms. The summed E-state index contributed by atoms with van der Waals surface area (Å²) in [6.45, 7) is 5.50. The lowest BCUT2D eigenvalue weighted by Crippen LogP contribution is -2.30. The van der Waals surface area contributed by atoms with Crippen LogP contribution in [0.5, 0.6) is 0 Å². The number of rotatable bonds is 7. The Balaban J connectivity index is 1.76. The molecule has 0 spiro atoms. The van der Waals surface area contributed by atoms with E-state index >= 15 is 0 Å². The average Bonchev–Trinajstić information content (AvgIpc) is 2.50. The molecule has 2 aromatic carbocycles. The molecule has 2 nitrogen and oxygen atoms in total. The van der Waals surface area contributed by atoms with Crippen molar-refractivity contribution >= 4 is 0 Å². The maximum atomic E-state index is 9.03. The lowest BCUT2D eigenvalue weighted by atomic mass is 10.0. The fourth-order valence-corrected chi connectivity index (χ4v) is 2.52.